The maximum absolute atomic E-state index is 11.6. The van der Waals surface area contributed by atoms with Crippen LogP contribution in [-0.2, 0) is 20.3 Å². The molecule has 0 aromatic rings. The summed E-state index contributed by atoms with van der Waals surface area (Å²) in [5.74, 6) is 2.32. The molecule has 0 bridgehead atoms. The van der Waals surface area contributed by atoms with E-state index in [4.69, 9.17) is 0 Å². The summed E-state index contributed by atoms with van der Waals surface area (Å²) in [6.07, 6.45) is 0.250. The molecule has 0 radical (unpaired) electrons. The van der Waals surface area contributed by atoms with Crippen molar-refractivity contribution >= 4 is 28.5 Å². The standard InChI is InChI=1S/C9H18O3S2/c1-4-13-5-6-14(11)8(2)7-9(10)12-3/h8H,4-7H2,1-3H3. The Bertz CT molecular complexity index is 194. The second-order valence-electron chi connectivity index (χ2n) is 2.87. The van der Waals surface area contributed by atoms with Crippen LogP contribution in [0.25, 0.3) is 0 Å². The van der Waals surface area contributed by atoms with Crippen molar-refractivity contribution in [3.63, 3.8) is 0 Å². The molecule has 14 heavy (non-hydrogen) atoms. The molecule has 0 aliphatic carbocycles. The predicted octanol–water partition coefficient (Wildman–Crippen LogP) is 1.44. The number of rotatable bonds is 7. The molecular formula is C9H18O3S2. The Morgan fingerprint density at radius 1 is 1.57 bits per heavy atom. The molecule has 0 aromatic carbocycles. The largest absolute Gasteiger partial charge is 0.469 e. The van der Waals surface area contributed by atoms with Crippen molar-refractivity contribution in [1.29, 1.82) is 0 Å². The molecule has 0 saturated heterocycles. The normalized spacial score (nSPS) is 14.8. The van der Waals surface area contributed by atoms with Gasteiger partial charge in [0.25, 0.3) is 0 Å². The lowest BCUT2D eigenvalue weighted by Gasteiger charge is -2.09. The van der Waals surface area contributed by atoms with Gasteiger partial charge in [0.1, 0.15) is 0 Å². The highest BCUT2D eigenvalue weighted by Gasteiger charge is 2.15. The average molecular weight is 238 g/mol. The number of hydrogen-bond acceptors (Lipinski definition) is 4. The Hall–Kier alpha value is -0.0300. The third kappa shape index (κ3) is 6.43. The molecule has 5 heteroatoms. The highest BCUT2D eigenvalue weighted by molar-refractivity contribution is 8.00. The number of carbonyl (C=O) groups excluding carboxylic acids is 1. The van der Waals surface area contributed by atoms with E-state index >= 15 is 0 Å². The van der Waals surface area contributed by atoms with Crippen LogP contribution in [0.1, 0.15) is 20.3 Å². The smallest absolute Gasteiger partial charge is 0.306 e. The molecule has 3 nitrogen and oxygen atoms in total. The Morgan fingerprint density at radius 3 is 2.71 bits per heavy atom. The molecule has 0 saturated carbocycles. The monoisotopic (exact) mass is 238 g/mol. The summed E-state index contributed by atoms with van der Waals surface area (Å²) in [4.78, 5) is 10.9. The molecule has 0 heterocycles. The topological polar surface area (TPSA) is 43.4 Å². The van der Waals surface area contributed by atoms with Crippen LogP contribution in [-0.4, -0.2) is 39.8 Å². The molecule has 2 unspecified atom stereocenters. The fraction of sp³-hybridized carbons (Fsp3) is 0.889. The fourth-order valence-corrected chi connectivity index (χ4v) is 3.04. The third-order valence-electron chi connectivity index (χ3n) is 1.76. The number of methoxy groups -OCH3 is 1. The van der Waals surface area contributed by atoms with Gasteiger partial charge in [0.2, 0.25) is 0 Å². The van der Waals surface area contributed by atoms with Gasteiger partial charge in [-0.15, -0.1) is 0 Å². The number of thioether (sulfide) groups is 1. The van der Waals surface area contributed by atoms with Gasteiger partial charge in [0.05, 0.1) is 13.5 Å². The predicted molar refractivity (Wildman–Crippen MR) is 62.1 cm³/mol. The van der Waals surface area contributed by atoms with Crippen molar-refractivity contribution in [3.8, 4) is 0 Å². The molecule has 2 atom stereocenters. The van der Waals surface area contributed by atoms with Crippen LogP contribution in [0.5, 0.6) is 0 Å². The van der Waals surface area contributed by atoms with Gasteiger partial charge >= 0.3 is 5.97 Å². The van der Waals surface area contributed by atoms with Gasteiger partial charge in [-0.25, -0.2) is 0 Å². The molecule has 84 valence electrons. The third-order valence-corrected chi connectivity index (χ3v) is 4.59. The molecule has 0 spiro atoms. The van der Waals surface area contributed by atoms with Crippen LogP contribution in [0.2, 0.25) is 0 Å². The van der Waals surface area contributed by atoms with E-state index in [1.165, 1.54) is 7.11 Å². The molecule has 0 aliphatic rings. The van der Waals surface area contributed by atoms with Crippen LogP contribution in [0.15, 0.2) is 0 Å². The van der Waals surface area contributed by atoms with E-state index in [-0.39, 0.29) is 17.6 Å². The Kier molecular flexibility index (Phi) is 8.27. The molecule has 0 aromatic heterocycles. The van der Waals surface area contributed by atoms with Crippen LogP contribution < -0.4 is 0 Å². The minimum absolute atomic E-state index is 0.0973. The minimum Gasteiger partial charge on any atom is -0.469 e. The molecule has 0 amide bonds. The van der Waals surface area contributed by atoms with Crippen molar-refractivity contribution in [1.82, 2.24) is 0 Å². The maximum Gasteiger partial charge on any atom is 0.306 e. The van der Waals surface area contributed by atoms with Crippen molar-refractivity contribution in [3.05, 3.63) is 0 Å². The zero-order valence-electron chi connectivity index (χ0n) is 8.95. The second kappa shape index (κ2) is 8.29. The van der Waals surface area contributed by atoms with E-state index in [1.54, 1.807) is 11.8 Å². The van der Waals surface area contributed by atoms with Crippen molar-refractivity contribution in [2.75, 3.05) is 24.4 Å². The van der Waals surface area contributed by atoms with Gasteiger partial charge in [-0.3, -0.25) is 9.00 Å². The first-order valence-electron chi connectivity index (χ1n) is 4.63. The summed E-state index contributed by atoms with van der Waals surface area (Å²) in [7, 11) is 0.442. The van der Waals surface area contributed by atoms with Crippen LogP contribution in [0.3, 0.4) is 0 Å². The van der Waals surface area contributed by atoms with E-state index in [2.05, 4.69) is 11.7 Å². The minimum atomic E-state index is -0.910. The van der Waals surface area contributed by atoms with Gasteiger partial charge in [-0.1, -0.05) is 13.8 Å². The fourth-order valence-electron chi connectivity index (χ4n) is 0.898. The number of ether oxygens (including phenoxy) is 1. The van der Waals surface area contributed by atoms with Gasteiger partial charge in [-0.05, 0) is 5.75 Å². The van der Waals surface area contributed by atoms with Gasteiger partial charge in [0, 0.05) is 27.6 Å². The highest BCUT2D eigenvalue weighted by atomic mass is 32.2. The lowest BCUT2D eigenvalue weighted by atomic mass is 10.3. The van der Waals surface area contributed by atoms with E-state index in [1.807, 2.05) is 6.92 Å². The number of hydrogen-bond donors (Lipinski definition) is 0. The molecule has 0 rings (SSSR count). The molecule has 0 aliphatic heterocycles. The lowest BCUT2D eigenvalue weighted by Crippen LogP contribution is -2.19. The Labute approximate surface area is 92.4 Å². The first-order valence-corrected chi connectivity index (χ1v) is 7.17. The van der Waals surface area contributed by atoms with Crippen LogP contribution in [0, 0.1) is 0 Å². The first-order chi connectivity index (χ1) is 6.61. The van der Waals surface area contributed by atoms with E-state index in [9.17, 15) is 9.00 Å². The van der Waals surface area contributed by atoms with Gasteiger partial charge in [0.15, 0.2) is 0 Å². The average Bonchev–Trinajstić information content (AvgIpc) is 2.17. The Morgan fingerprint density at radius 2 is 2.21 bits per heavy atom. The SMILES string of the molecule is CCSCCS(=O)C(C)CC(=O)OC. The lowest BCUT2D eigenvalue weighted by molar-refractivity contribution is -0.140. The first kappa shape index (κ1) is 14.0. The summed E-state index contributed by atoms with van der Waals surface area (Å²) in [6, 6.07) is 0. The summed E-state index contributed by atoms with van der Waals surface area (Å²) >= 11 is 1.77. The summed E-state index contributed by atoms with van der Waals surface area (Å²) in [6.45, 7) is 3.90. The van der Waals surface area contributed by atoms with Crippen molar-refractivity contribution < 1.29 is 13.7 Å². The van der Waals surface area contributed by atoms with Crippen LogP contribution in [0.4, 0.5) is 0 Å². The molecular weight excluding hydrogens is 220 g/mol. The maximum atomic E-state index is 11.6. The summed E-state index contributed by atoms with van der Waals surface area (Å²) in [5, 5.41) is -0.0973. The quantitative estimate of drug-likeness (QED) is 0.497. The number of esters is 1. The summed E-state index contributed by atoms with van der Waals surface area (Å²) in [5.41, 5.74) is 0. The van der Waals surface area contributed by atoms with Crippen LogP contribution >= 0.6 is 11.8 Å². The van der Waals surface area contributed by atoms with Gasteiger partial charge < -0.3 is 4.74 Å². The Balaban J connectivity index is 3.70. The highest BCUT2D eigenvalue weighted by Crippen LogP contribution is 2.06. The molecule has 0 N–H and O–H groups in total. The zero-order chi connectivity index (χ0) is 11.0. The van der Waals surface area contributed by atoms with Gasteiger partial charge in [-0.2, -0.15) is 11.8 Å². The molecule has 0 fully saturated rings. The van der Waals surface area contributed by atoms with E-state index in [0.717, 1.165) is 11.5 Å². The number of carbonyl (C=O) groups is 1. The van der Waals surface area contributed by atoms with Crippen molar-refractivity contribution in [2.24, 2.45) is 0 Å². The zero-order valence-corrected chi connectivity index (χ0v) is 10.6. The van der Waals surface area contributed by atoms with E-state index < -0.39 is 10.8 Å². The summed E-state index contributed by atoms with van der Waals surface area (Å²) < 4.78 is 16.1. The van der Waals surface area contributed by atoms with E-state index in [0.29, 0.717) is 5.75 Å². The van der Waals surface area contributed by atoms with Crippen molar-refractivity contribution in [2.45, 2.75) is 25.5 Å². The second-order valence-corrected chi connectivity index (χ2v) is 6.24.